The number of hydrogen-bond donors (Lipinski definition) is 0. The number of rotatable bonds is 9. The molecule has 2 aromatic rings. The van der Waals surface area contributed by atoms with Gasteiger partial charge in [-0.2, -0.15) is 4.39 Å². The van der Waals surface area contributed by atoms with Crippen molar-refractivity contribution in [1.29, 1.82) is 0 Å². The summed E-state index contributed by atoms with van der Waals surface area (Å²) in [4.78, 5) is 0. The van der Waals surface area contributed by atoms with Crippen molar-refractivity contribution in [3.63, 3.8) is 0 Å². The largest absolute Gasteiger partial charge is 0.493 e. The van der Waals surface area contributed by atoms with E-state index in [9.17, 15) is 8.78 Å². The van der Waals surface area contributed by atoms with E-state index in [0.29, 0.717) is 36.5 Å². The molecular weight excluding hydrogens is 374 g/mol. The summed E-state index contributed by atoms with van der Waals surface area (Å²) in [7, 11) is 0. The molecule has 0 radical (unpaired) electrons. The van der Waals surface area contributed by atoms with Crippen LogP contribution in [0.1, 0.15) is 32.6 Å². The monoisotopic (exact) mass is 402 g/mol. The second-order valence-electron chi connectivity index (χ2n) is 7.27. The molecule has 1 heterocycles. The average Bonchev–Trinajstić information content (AvgIpc) is 2.75. The van der Waals surface area contributed by atoms with Crippen molar-refractivity contribution in [1.82, 2.24) is 0 Å². The third-order valence-corrected chi connectivity index (χ3v) is 5.16. The topological polar surface area (TPSA) is 27.7 Å². The van der Waals surface area contributed by atoms with Crippen LogP contribution in [-0.4, -0.2) is 25.9 Å². The highest BCUT2D eigenvalue weighted by atomic mass is 19.2. The van der Waals surface area contributed by atoms with Crippen molar-refractivity contribution in [3.8, 4) is 22.6 Å². The van der Waals surface area contributed by atoms with Gasteiger partial charge in [-0.05, 0) is 62.4 Å². The Morgan fingerprint density at radius 2 is 1.86 bits per heavy atom. The third kappa shape index (κ3) is 5.57. The van der Waals surface area contributed by atoms with Crippen molar-refractivity contribution in [3.05, 3.63) is 60.7 Å². The lowest BCUT2D eigenvalue weighted by atomic mass is 9.97. The fourth-order valence-corrected chi connectivity index (χ4v) is 3.49. The normalized spacial score (nSPS) is 19.0. The van der Waals surface area contributed by atoms with E-state index < -0.39 is 11.6 Å². The predicted octanol–water partition coefficient (Wildman–Crippen LogP) is 6.17. The molecular formula is C24H28F2O3. The first-order valence-electron chi connectivity index (χ1n) is 10.2. The fraction of sp³-hybridized carbons (Fsp3) is 0.417. The Kier molecular flexibility index (Phi) is 7.64. The van der Waals surface area contributed by atoms with E-state index >= 15 is 0 Å². The van der Waals surface area contributed by atoms with Gasteiger partial charge in [-0.15, -0.1) is 6.58 Å². The van der Waals surface area contributed by atoms with Crippen LogP contribution in [0.4, 0.5) is 8.78 Å². The van der Waals surface area contributed by atoms with Crippen LogP contribution in [-0.2, 0) is 4.74 Å². The lowest BCUT2D eigenvalue weighted by Crippen LogP contribution is -2.29. The van der Waals surface area contributed by atoms with Gasteiger partial charge in [0.15, 0.2) is 11.6 Å². The molecule has 1 aliphatic heterocycles. The van der Waals surface area contributed by atoms with Gasteiger partial charge in [0, 0.05) is 11.5 Å². The van der Waals surface area contributed by atoms with Gasteiger partial charge in [0.1, 0.15) is 5.75 Å². The summed E-state index contributed by atoms with van der Waals surface area (Å²) in [6.07, 6.45) is 6.39. The second kappa shape index (κ2) is 10.4. The first kappa shape index (κ1) is 21.3. The molecule has 1 fully saturated rings. The molecule has 0 aromatic heterocycles. The molecule has 1 saturated heterocycles. The molecule has 0 aliphatic carbocycles. The van der Waals surface area contributed by atoms with Crippen LogP contribution in [0.2, 0.25) is 0 Å². The fourth-order valence-electron chi connectivity index (χ4n) is 3.49. The maximum Gasteiger partial charge on any atom is 0.201 e. The van der Waals surface area contributed by atoms with E-state index in [4.69, 9.17) is 14.2 Å². The Morgan fingerprint density at radius 1 is 1.07 bits per heavy atom. The molecule has 156 valence electrons. The van der Waals surface area contributed by atoms with Gasteiger partial charge in [0.05, 0.1) is 25.9 Å². The molecule has 0 N–H and O–H groups in total. The van der Waals surface area contributed by atoms with E-state index in [1.165, 1.54) is 12.1 Å². The van der Waals surface area contributed by atoms with E-state index in [2.05, 4.69) is 6.58 Å². The van der Waals surface area contributed by atoms with E-state index in [1.54, 1.807) is 31.2 Å². The summed E-state index contributed by atoms with van der Waals surface area (Å²) in [6.45, 7) is 7.04. The molecule has 1 aliphatic rings. The zero-order chi connectivity index (χ0) is 20.6. The number of hydrogen-bond acceptors (Lipinski definition) is 3. The van der Waals surface area contributed by atoms with Gasteiger partial charge in [-0.3, -0.25) is 0 Å². The molecule has 3 nitrogen and oxygen atoms in total. The van der Waals surface area contributed by atoms with Gasteiger partial charge in [-0.1, -0.05) is 18.2 Å². The Balaban J connectivity index is 1.55. The highest BCUT2D eigenvalue weighted by Gasteiger charge is 2.22. The lowest BCUT2D eigenvalue weighted by Gasteiger charge is -2.28. The Bertz CT molecular complexity index is 797. The maximum absolute atomic E-state index is 14.4. The predicted molar refractivity (Wildman–Crippen MR) is 110 cm³/mol. The Hall–Kier alpha value is -2.40. The zero-order valence-electron chi connectivity index (χ0n) is 16.8. The third-order valence-electron chi connectivity index (χ3n) is 5.16. The quantitative estimate of drug-likeness (QED) is 0.470. The Labute approximate surface area is 171 Å². The van der Waals surface area contributed by atoms with Gasteiger partial charge in [0.25, 0.3) is 0 Å². The minimum absolute atomic E-state index is 0.0739. The molecule has 5 heteroatoms. The van der Waals surface area contributed by atoms with Gasteiger partial charge in [0.2, 0.25) is 5.82 Å². The van der Waals surface area contributed by atoms with Crippen LogP contribution in [0.15, 0.2) is 49.1 Å². The van der Waals surface area contributed by atoms with Crippen molar-refractivity contribution < 1.29 is 23.0 Å². The molecule has 0 amide bonds. The van der Waals surface area contributed by atoms with Gasteiger partial charge in [-0.25, -0.2) is 4.39 Å². The minimum Gasteiger partial charge on any atom is -0.493 e. The number of allylic oxidation sites excluding steroid dienone is 1. The van der Waals surface area contributed by atoms with Crippen molar-refractivity contribution in [2.24, 2.45) is 5.92 Å². The van der Waals surface area contributed by atoms with Crippen LogP contribution >= 0.6 is 0 Å². The molecule has 29 heavy (non-hydrogen) atoms. The molecule has 0 bridgehead atoms. The molecule has 0 spiro atoms. The summed E-state index contributed by atoms with van der Waals surface area (Å²) in [5.74, 6) is -0.875. The molecule has 2 atom stereocenters. The van der Waals surface area contributed by atoms with Crippen LogP contribution < -0.4 is 9.47 Å². The van der Waals surface area contributed by atoms with Crippen LogP contribution in [0.25, 0.3) is 11.1 Å². The molecule has 2 unspecified atom stereocenters. The highest BCUT2D eigenvalue weighted by molar-refractivity contribution is 5.66. The van der Waals surface area contributed by atoms with Gasteiger partial charge >= 0.3 is 0 Å². The number of halogens is 2. The van der Waals surface area contributed by atoms with Crippen molar-refractivity contribution in [2.75, 3.05) is 19.8 Å². The van der Waals surface area contributed by atoms with E-state index in [1.807, 2.05) is 6.08 Å². The number of ether oxygens (including phenoxy) is 3. The lowest BCUT2D eigenvalue weighted by molar-refractivity contribution is -0.0299. The summed E-state index contributed by atoms with van der Waals surface area (Å²) in [5.41, 5.74) is 0.784. The average molecular weight is 402 g/mol. The standard InChI is InChI=1S/C24H28F2O3/c1-3-5-6-19-10-7-17(15-28-19)16-29-20-11-8-18(9-12-20)21-13-14-22(27-4-2)24(26)23(21)25/h3,8-9,11-14,17,19H,1,4-7,10,15-16H2,2H3. The first-order valence-corrected chi connectivity index (χ1v) is 10.2. The Morgan fingerprint density at radius 3 is 2.52 bits per heavy atom. The van der Waals surface area contributed by atoms with Crippen molar-refractivity contribution in [2.45, 2.75) is 38.7 Å². The van der Waals surface area contributed by atoms with E-state index in [-0.39, 0.29) is 17.9 Å². The minimum atomic E-state index is -0.964. The molecule has 3 rings (SSSR count). The summed E-state index contributed by atoms with van der Waals surface area (Å²) in [5, 5.41) is 0. The molecule has 2 aromatic carbocycles. The second-order valence-corrected chi connectivity index (χ2v) is 7.27. The van der Waals surface area contributed by atoms with Crippen LogP contribution in [0, 0.1) is 17.6 Å². The highest BCUT2D eigenvalue weighted by Crippen LogP contribution is 2.31. The van der Waals surface area contributed by atoms with Crippen LogP contribution in [0.3, 0.4) is 0 Å². The SMILES string of the molecule is C=CCCC1CCC(COc2ccc(-c3ccc(OCC)c(F)c3F)cc2)CO1. The number of benzene rings is 2. The van der Waals surface area contributed by atoms with Crippen molar-refractivity contribution >= 4 is 0 Å². The zero-order valence-corrected chi connectivity index (χ0v) is 16.8. The molecule has 0 saturated carbocycles. The van der Waals surface area contributed by atoms with E-state index in [0.717, 1.165) is 25.7 Å². The summed E-state index contributed by atoms with van der Waals surface area (Å²) in [6, 6.07) is 10.0. The van der Waals surface area contributed by atoms with Gasteiger partial charge < -0.3 is 14.2 Å². The smallest absolute Gasteiger partial charge is 0.201 e. The first-order chi connectivity index (χ1) is 14.1. The summed E-state index contributed by atoms with van der Waals surface area (Å²) >= 11 is 0. The summed E-state index contributed by atoms with van der Waals surface area (Å²) < 4.78 is 45.3. The van der Waals surface area contributed by atoms with Crippen LogP contribution in [0.5, 0.6) is 11.5 Å². The maximum atomic E-state index is 14.4.